The lowest BCUT2D eigenvalue weighted by molar-refractivity contribution is 0.0903. The largest absolute Gasteiger partial charge is 0.467 e. The van der Waals surface area contributed by atoms with E-state index in [1.165, 1.54) is 12.5 Å². The molecule has 0 fully saturated rings. The molecule has 0 aliphatic heterocycles. The van der Waals surface area contributed by atoms with Gasteiger partial charge in [0.2, 0.25) is 0 Å². The van der Waals surface area contributed by atoms with Crippen LogP contribution >= 0.6 is 0 Å². The van der Waals surface area contributed by atoms with Crippen molar-refractivity contribution in [3.05, 3.63) is 48.3 Å². The molecule has 0 saturated carbocycles. The number of aliphatic hydroxyl groups excluding tert-OH is 2. The Balaban J connectivity index is 1.84. The van der Waals surface area contributed by atoms with Crippen LogP contribution in [0.5, 0.6) is 0 Å². The summed E-state index contributed by atoms with van der Waals surface area (Å²) in [7, 11) is 0. The van der Waals surface area contributed by atoms with E-state index in [1.54, 1.807) is 24.3 Å². The molecule has 2 atom stereocenters. The molecule has 0 saturated heterocycles. The molecule has 0 spiro atoms. The molecular weight excluding hydrogens is 208 g/mol. The Labute approximate surface area is 93.1 Å². The van der Waals surface area contributed by atoms with Crippen molar-refractivity contribution in [2.45, 2.75) is 25.0 Å². The third-order valence-electron chi connectivity index (χ3n) is 2.46. The third-order valence-corrected chi connectivity index (χ3v) is 2.46. The summed E-state index contributed by atoms with van der Waals surface area (Å²) in [6.07, 6.45) is 2.52. The average molecular weight is 222 g/mol. The van der Waals surface area contributed by atoms with E-state index in [1.807, 2.05) is 0 Å². The minimum Gasteiger partial charge on any atom is -0.467 e. The van der Waals surface area contributed by atoms with E-state index in [9.17, 15) is 10.2 Å². The van der Waals surface area contributed by atoms with Crippen LogP contribution in [-0.4, -0.2) is 10.2 Å². The minimum absolute atomic E-state index is 0.426. The first-order valence-electron chi connectivity index (χ1n) is 5.20. The summed E-state index contributed by atoms with van der Waals surface area (Å²) in [5, 5.41) is 19.4. The molecule has 0 radical (unpaired) electrons. The van der Waals surface area contributed by atoms with Crippen molar-refractivity contribution in [3.63, 3.8) is 0 Å². The molecule has 4 heteroatoms. The molecule has 0 bridgehead atoms. The van der Waals surface area contributed by atoms with Crippen LogP contribution in [0.25, 0.3) is 0 Å². The quantitative estimate of drug-likeness (QED) is 0.815. The predicted octanol–water partition coefficient (Wildman–Crippen LogP) is 2.42. The Bertz CT molecular complexity index is 350. The molecule has 86 valence electrons. The Morgan fingerprint density at radius 2 is 1.31 bits per heavy atom. The third kappa shape index (κ3) is 2.53. The zero-order chi connectivity index (χ0) is 11.4. The van der Waals surface area contributed by atoms with Crippen LogP contribution in [0.4, 0.5) is 0 Å². The molecule has 2 aromatic heterocycles. The van der Waals surface area contributed by atoms with Crippen molar-refractivity contribution in [2.24, 2.45) is 0 Å². The first kappa shape index (κ1) is 11.0. The van der Waals surface area contributed by atoms with E-state index in [0.717, 1.165) is 0 Å². The maximum Gasteiger partial charge on any atom is 0.132 e. The van der Waals surface area contributed by atoms with E-state index in [4.69, 9.17) is 8.83 Å². The van der Waals surface area contributed by atoms with Gasteiger partial charge in [0.1, 0.15) is 23.7 Å². The van der Waals surface area contributed by atoms with Crippen molar-refractivity contribution >= 4 is 0 Å². The van der Waals surface area contributed by atoms with Gasteiger partial charge in [-0.15, -0.1) is 0 Å². The second-order valence-corrected chi connectivity index (χ2v) is 3.64. The molecule has 0 aromatic carbocycles. The minimum atomic E-state index is -0.681. The fourth-order valence-corrected chi connectivity index (χ4v) is 1.56. The van der Waals surface area contributed by atoms with Gasteiger partial charge in [0, 0.05) is 0 Å². The zero-order valence-electron chi connectivity index (χ0n) is 8.74. The normalized spacial score (nSPS) is 14.9. The standard InChI is InChI=1S/C12H14O4/c13-9(11-3-1-7-15-11)5-6-10(14)12-4-2-8-16-12/h1-4,7-10,13-14H,5-6H2/t9-,10+. The van der Waals surface area contributed by atoms with Crippen LogP contribution in [-0.2, 0) is 0 Å². The summed E-state index contributed by atoms with van der Waals surface area (Å²) in [6.45, 7) is 0. The topological polar surface area (TPSA) is 66.7 Å². The highest BCUT2D eigenvalue weighted by Gasteiger charge is 2.15. The monoisotopic (exact) mass is 222 g/mol. The molecule has 0 aliphatic carbocycles. The van der Waals surface area contributed by atoms with Crippen LogP contribution in [0.3, 0.4) is 0 Å². The first-order chi connectivity index (χ1) is 7.77. The van der Waals surface area contributed by atoms with Crippen LogP contribution in [0.15, 0.2) is 45.6 Å². The van der Waals surface area contributed by atoms with Gasteiger partial charge in [0.15, 0.2) is 0 Å². The fraction of sp³-hybridized carbons (Fsp3) is 0.333. The lowest BCUT2D eigenvalue weighted by Gasteiger charge is -2.10. The van der Waals surface area contributed by atoms with Crippen molar-refractivity contribution in [2.75, 3.05) is 0 Å². The molecular formula is C12H14O4. The Morgan fingerprint density at radius 1 is 0.875 bits per heavy atom. The summed E-state index contributed by atoms with van der Waals surface area (Å²) < 4.78 is 10.1. The molecule has 2 heterocycles. The SMILES string of the molecule is O[C@H](CC[C@H](O)c1ccco1)c1ccco1. The van der Waals surface area contributed by atoms with E-state index < -0.39 is 12.2 Å². The lowest BCUT2D eigenvalue weighted by atomic mass is 10.1. The van der Waals surface area contributed by atoms with Crippen molar-refractivity contribution in [1.29, 1.82) is 0 Å². The highest BCUT2D eigenvalue weighted by molar-refractivity contribution is 5.04. The van der Waals surface area contributed by atoms with Gasteiger partial charge in [0.05, 0.1) is 12.5 Å². The molecule has 2 N–H and O–H groups in total. The fourth-order valence-electron chi connectivity index (χ4n) is 1.56. The zero-order valence-corrected chi connectivity index (χ0v) is 8.74. The van der Waals surface area contributed by atoms with E-state index in [0.29, 0.717) is 24.4 Å². The molecule has 16 heavy (non-hydrogen) atoms. The lowest BCUT2D eigenvalue weighted by Crippen LogP contribution is -2.01. The summed E-state index contributed by atoms with van der Waals surface area (Å²) in [5.41, 5.74) is 0. The molecule has 0 unspecified atom stereocenters. The number of hydrogen-bond acceptors (Lipinski definition) is 4. The van der Waals surface area contributed by atoms with Crippen LogP contribution in [0.1, 0.15) is 36.6 Å². The van der Waals surface area contributed by atoms with Crippen molar-refractivity contribution in [3.8, 4) is 0 Å². The van der Waals surface area contributed by atoms with Gasteiger partial charge in [-0.25, -0.2) is 0 Å². The molecule has 4 nitrogen and oxygen atoms in total. The van der Waals surface area contributed by atoms with Gasteiger partial charge in [-0.1, -0.05) is 0 Å². The molecule has 0 aliphatic rings. The van der Waals surface area contributed by atoms with Crippen LogP contribution in [0.2, 0.25) is 0 Å². The number of hydrogen-bond donors (Lipinski definition) is 2. The Hall–Kier alpha value is -1.52. The van der Waals surface area contributed by atoms with E-state index in [-0.39, 0.29) is 0 Å². The maximum atomic E-state index is 9.72. The smallest absolute Gasteiger partial charge is 0.132 e. The maximum absolute atomic E-state index is 9.72. The number of furan rings is 2. The van der Waals surface area contributed by atoms with Gasteiger partial charge < -0.3 is 19.0 Å². The van der Waals surface area contributed by atoms with Crippen molar-refractivity contribution in [1.82, 2.24) is 0 Å². The molecule has 2 aromatic rings. The summed E-state index contributed by atoms with van der Waals surface area (Å²) in [4.78, 5) is 0. The van der Waals surface area contributed by atoms with E-state index in [2.05, 4.69) is 0 Å². The van der Waals surface area contributed by atoms with Gasteiger partial charge in [-0.2, -0.15) is 0 Å². The van der Waals surface area contributed by atoms with Gasteiger partial charge >= 0.3 is 0 Å². The highest BCUT2D eigenvalue weighted by Crippen LogP contribution is 2.25. The Kier molecular flexibility index (Phi) is 3.44. The van der Waals surface area contributed by atoms with Gasteiger partial charge in [-0.05, 0) is 37.1 Å². The molecule has 2 rings (SSSR count). The second-order valence-electron chi connectivity index (χ2n) is 3.64. The highest BCUT2D eigenvalue weighted by atomic mass is 16.4. The number of aliphatic hydroxyl groups is 2. The van der Waals surface area contributed by atoms with Gasteiger partial charge in [0.25, 0.3) is 0 Å². The predicted molar refractivity (Wildman–Crippen MR) is 56.6 cm³/mol. The first-order valence-corrected chi connectivity index (χ1v) is 5.20. The molecule has 0 amide bonds. The number of rotatable bonds is 5. The van der Waals surface area contributed by atoms with Crippen molar-refractivity contribution < 1.29 is 19.0 Å². The Morgan fingerprint density at radius 3 is 1.62 bits per heavy atom. The summed E-state index contributed by atoms with van der Waals surface area (Å²) in [6, 6.07) is 6.87. The van der Waals surface area contributed by atoms with Crippen LogP contribution < -0.4 is 0 Å². The van der Waals surface area contributed by atoms with Crippen LogP contribution in [0, 0.1) is 0 Å². The average Bonchev–Trinajstić information content (AvgIpc) is 2.95. The van der Waals surface area contributed by atoms with E-state index >= 15 is 0 Å². The second kappa shape index (κ2) is 5.01. The summed E-state index contributed by atoms with van der Waals surface area (Å²) in [5.74, 6) is 1.04. The summed E-state index contributed by atoms with van der Waals surface area (Å²) >= 11 is 0. The van der Waals surface area contributed by atoms with Gasteiger partial charge in [-0.3, -0.25) is 0 Å².